The van der Waals surface area contributed by atoms with Crippen LogP contribution in [0.1, 0.15) is 48.8 Å². The summed E-state index contributed by atoms with van der Waals surface area (Å²) in [7, 11) is 0.0578. The quantitative estimate of drug-likeness (QED) is 0.0832. The third-order valence-corrected chi connectivity index (χ3v) is 9.03. The van der Waals surface area contributed by atoms with Crippen molar-refractivity contribution in [3.05, 3.63) is 39.8 Å². The second-order valence-corrected chi connectivity index (χ2v) is 14.3. The molecule has 1 unspecified atom stereocenters. The minimum absolute atomic E-state index is 0.0630. The number of hydrogen-bond donors (Lipinski definition) is 1. The van der Waals surface area contributed by atoms with E-state index in [1.165, 1.54) is 0 Å². The molecule has 1 heterocycles. The molecule has 0 saturated heterocycles. The van der Waals surface area contributed by atoms with Gasteiger partial charge in [0.2, 0.25) is 0 Å². The molecule has 0 radical (unpaired) electrons. The van der Waals surface area contributed by atoms with Crippen LogP contribution in [0.3, 0.4) is 0 Å². The minimum Gasteiger partial charge on any atom is -0.376 e. The summed E-state index contributed by atoms with van der Waals surface area (Å²) in [4.78, 5) is 2.68. The number of anilines is 1. The van der Waals surface area contributed by atoms with E-state index in [9.17, 15) is 18.9 Å². The molecule has 2 rings (SSSR count). The van der Waals surface area contributed by atoms with Crippen molar-refractivity contribution in [3.63, 3.8) is 0 Å². The van der Waals surface area contributed by atoms with E-state index in [0.717, 1.165) is 29.1 Å². The number of nitriles is 2. The number of hydrogen-bond acceptors (Lipinski definition) is 11. The first-order valence-electron chi connectivity index (χ1n) is 15.0. The Bertz CT molecular complexity index is 1460. The van der Waals surface area contributed by atoms with E-state index >= 15 is 0 Å². The van der Waals surface area contributed by atoms with Gasteiger partial charge in [0.05, 0.1) is 76.3 Å². The number of nitrogens with zero attached hydrogens (tertiary/aromatic N) is 6. The van der Waals surface area contributed by atoms with Gasteiger partial charge in [-0.15, -0.1) is 21.6 Å². The molecule has 0 aliphatic rings. The van der Waals surface area contributed by atoms with Crippen molar-refractivity contribution in [2.45, 2.75) is 53.2 Å². The molecule has 1 N–H and O–H groups in total. The van der Waals surface area contributed by atoms with Crippen LogP contribution in [0.2, 0.25) is 0 Å². The van der Waals surface area contributed by atoms with E-state index in [1.807, 2.05) is 53.1 Å². The molecule has 1 aromatic heterocycles. The maximum atomic E-state index is 11.0. The first kappa shape index (κ1) is 38.2. The second-order valence-electron chi connectivity index (χ2n) is 11.7. The van der Waals surface area contributed by atoms with Crippen molar-refractivity contribution in [3.8, 4) is 12.1 Å². The zero-order chi connectivity index (χ0) is 33.6. The first-order chi connectivity index (χ1) is 21.2. The lowest BCUT2D eigenvalue weighted by Crippen LogP contribution is -2.43. The summed E-state index contributed by atoms with van der Waals surface area (Å²) in [6.07, 6.45) is 0.256. The summed E-state index contributed by atoms with van der Waals surface area (Å²) in [6.45, 7) is 14.2. The largest absolute Gasteiger partial charge is 0.376 e. The standard InChI is InChI=1S/C31H46N6O6S2/c1-8-36(26-10-11-29(24(4)18-26)34-35-31-28(19-32)25(5)30(20-33)44-31)21-27(22-43-23(2)3)42-16-15-41-14-13-37(6,7)12-9-17-45(38,39)40/h10-11,18,23,27H,8-9,12-17,21-22H2,1-7H3/p+1/b35-34+. The van der Waals surface area contributed by atoms with Gasteiger partial charge in [0.15, 0.2) is 5.00 Å². The SMILES string of the molecule is CCN(CC(COC(C)C)OCCOCC[N+](C)(C)CCCS(=O)(=O)O)c1ccc(/N=N/c2sc(C#N)c(C)c2C#N)c(C)c1. The highest BCUT2D eigenvalue weighted by atomic mass is 32.2. The van der Waals surface area contributed by atoms with Crippen LogP contribution < -0.4 is 4.90 Å². The van der Waals surface area contributed by atoms with Gasteiger partial charge in [0.25, 0.3) is 10.1 Å². The number of quaternary nitrogens is 1. The zero-order valence-electron chi connectivity index (χ0n) is 27.4. The van der Waals surface area contributed by atoms with E-state index in [1.54, 1.807) is 6.92 Å². The summed E-state index contributed by atoms with van der Waals surface area (Å²) in [5, 5.41) is 27.9. The lowest BCUT2D eigenvalue weighted by atomic mass is 10.1. The Labute approximate surface area is 272 Å². The molecule has 0 amide bonds. The maximum Gasteiger partial charge on any atom is 0.265 e. The number of azo groups is 1. The summed E-state index contributed by atoms with van der Waals surface area (Å²) in [5.41, 5.74) is 3.61. The van der Waals surface area contributed by atoms with Crippen molar-refractivity contribution >= 4 is 37.8 Å². The fourth-order valence-corrected chi connectivity index (χ4v) is 5.82. The smallest absolute Gasteiger partial charge is 0.265 e. The summed E-state index contributed by atoms with van der Waals surface area (Å²) in [5.74, 6) is -0.239. The number of ether oxygens (including phenoxy) is 3. The fraction of sp³-hybridized carbons (Fsp3) is 0.613. The average Bonchev–Trinajstić information content (AvgIpc) is 3.28. The van der Waals surface area contributed by atoms with E-state index < -0.39 is 10.1 Å². The van der Waals surface area contributed by atoms with Gasteiger partial charge in [0.1, 0.15) is 23.6 Å². The fourth-order valence-electron chi connectivity index (χ4n) is 4.45. The molecular formula is C31H47N6O6S2+. The van der Waals surface area contributed by atoms with Gasteiger partial charge in [-0.3, -0.25) is 4.55 Å². The van der Waals surface area contributed by atoms with Crippen molar-refractivity contribution in [1.82, 2.24) is 0 Å². The van der Waals surface area contributed by atoms with Gasteiger partial charge in [-0.05, 0) is 63.9 Å². The molecule has 12 nitrogen and oxygen atoms in total. The van der Waals surface area contributed by atoms with Crippen LogP contribution >= 0.6 is 11.3 Å². The lowest BCUT2D eigenvalue weighted by molar-refractivity contribution is -0.890. The molecule has 0 fully saturated rings. The number of aryl methyl sites for hydroxylation is 1. The second kappa shape index (κ2) is 18.3. The molecule has 0 spiro atoms. The van der Waals surface area contributed by atoms with E-state index in [-0.39, 0.29) is 18.0 Å². The third kappa shape index (κ3) is 13.5. The van der Waals surface area contributed by atoms with Crippen LogP contribution in [0.15, 0.2) is 28.4 Å². The molecule has 2 aromatic rings. The number of likely N-dealkylation sites (N-methyl/N-ethyl adjacent to an activating group) is 2. The van der Waals surface area contributed by atoms with Gasteiger partial charge in [0, 0.05) is 25.2 Å². The molecule has 14 heteroatoms. The van der Waals surface area contributed by atoms with Crippen molar-refractivity contribution in [2.24, 2.45) is 10.2 Å². The van der Waals surface area contributed by atoms with Crippen molar-refractivity contribution in [1.29, 1.82) is 10.5 Å². The van der Waals surface area contributed by atoms with Gasteiger partial charge in [-0.2, -0.15) is 18.9 Å². The Morgan fingerprint density at radius 2 is 1.80 bits per heavy atom. The van der Waals surface area contributed by atoms with Crippen molar-refractivity contribution < 1.29 is 31.7 Å². The van der Waals surface area contributed by atoms with Crippen LogP contribution in [0, 0.1) is 36.5 Å². The first-order valence-corrected chi connectivity index (χ1v) is 17.4. The minimum atomic E-state index is -3.94. The maximum absolute atomic E-state index is 11.0. The Morgan fingerprint density at radius 3 is 2.40 bits per heavy atom. The predicted octanol–water partition coefficient (Wildman–Crippen LogP) is 5.53. The van der Waals surface area contributed by atoms with Crippen LogP contribution in [0.5, 0.6) is 0 Å². The molecule has 0 aliphatic carbocycles. The summed E-state index contributed by atoms with van der Waals surface area (Å²) < 4.78 is 49.3. The Morgan fingerprint density at radius 1 is 1.07 bits per heavy atom. The predicted molar refractivity (Wildman–Crippen MR) is 176 cm³/mol. The highest BCUT2D eigenvalue weighted by molar-refractivity contribution is 7.85. The average molecular weight is 664 g/mol. The summed E-state index contributed by atoms with van der Waals surface area (Å²) >= 11 is 1.16. The van der Waals surface area contributed by atoms with Crippen LogP contribution in [-0.4, -0.2) is 102 Å². The molecule has 0 saturated carbocycles. The molecule has 0 bridgehead atoms. The van der Waals surface area contributed by atoms with E-state index in [0.29, 0.717) is 83.7 Å². The highest BCUT2D eigenvalue weighted by Gasteiger charge is 2.19. The van der Waals surface area contributed by atoms with Gasteiger partial charge >= 0.3 is 0 Å². The van der Waals surface area contributed by atoms with Gasteiger partial charge in [-0.1, -0.05) is 0 Å². The third-order valence-electron chi connectivity index (χ3n) is 7.14. The Balaban J connectivity index is 1.97. The molecule has 1 atom stereocenters. The number of rotatable bonds is 20. The highest BCUT2D eigenvalue weighted by Crippen LogP contribution is 2.36. The molecule has 0 aliphatic heterocycles. The zero-order valence-corrected chi connectivity index (χ0v) is 29.1. The normalized spacial score (nSPS) is 12.9. The Kier molecular flexibility index (Phi) is 15.5. The van der Waals surface area contributed by atoms with E-state index in [2.05, 4.69) is 34.2 Å². The molecule has 248 valence electrons. The van der Waals surface area contributed by atoms with Crippen LogP contribution in [0.25, 0.3) is 0 Å². The number of benzene rings is 1. The van der Waals surface area contributed by atoms with Crippen LogP contribution in [0.4, 0.5) is 16.4 Å². The molecule has 45 heavy (non-hydrogen) atoms. The summed E-state index contributed by atoms with van der Waals surface area (Å²) in [6, 6.07) is 10.1. The number of thiophene rings is 1. The van der Waals surface area contributed by atoms with Crippen molar-refractivity contribution in [2.75, 3.05) is 77.4 Å². The van der Waals surface area contributed by atoms with E-state index in [4.69, 9.17) is 18.8 Å². The molecular weight excluding hydrogens is 617 g/mol. The Hall–Kier alpha value is -2.95. The monoisotopic (exact) mass is 663 g/mol. The van der Waals surface area contributed by atoms with Gasteiger partial charge in [-0.25, -0.2) is 0 Å². The lowest BCUT2D eigenvalue weighted by Gasteiger charge is -2.30. The topological polar surface area (TPSA) is 158 Å². The molecule has 1 aromatic carbocycles. The van der Waals surface area contributed by atoms with Crippen LogP contribution in [-0.2, 0) is 24.3 Å². The van der Waals surface area contributed by atoms with Gasteiger partial charge < -0.3 is 23.6 Å².